The van der Waals surface area contributed by atoms with Crippen molar-refractivity contribution < 1.29 is 23.4 Å². The number of hydrogen-bond acceptors (Lipinski definition) is 3. The topological polar surface area (TPSA) is 46.5 Å². The first-order valence-electron chi connectivity index (χ1n) is 4.19. The van der Waals surface area contributed by atoms with Crippen LogP contribution in [0.3, 0.4) is 0 Å². The average Bonchev–Trinajstić information content (AvgIpc) is 2.28. The largest absolute Gasteiger partial charge is 0.464 e. The standard InChI is InChI=1S/C10H10F2O3/c1-15-9(14)10(11,12)8(13)7-5-3-2-4-6-7/h2-6,8,13H,1H3/t8-/m0/s1. The minimum Gasteiger partial charge on any atom is -0.464 e. The summed E-state index contributed by atoms with van der Waals surface area (Å²) in [4.78, 5) is 10.7. The molecule has 1 N–H and O–H groups in total. The van der Waals surface area contributed by atoms with Crippen molar-refractivity contribution >= 4 is 5.97 Å². The molecule has 0 unspecified atom stereocenters. The summed E-state index contributed by atoms with van der Waals surface area (Å²) in [7, 11) is 0.841. The van der Waals surface area contributed by atoms with E-state index < -0.39 is 18.0 Å². The molecule has 0 aliphatic carbocycles. The lowest BCUT2D eigenvalue weighted by Gasteiger charge is -2.19. The van der Waals surface area contributed by atoms with Crippen LogP contribution in [-0.4, -0.2) is 24.1 Å². The maximum absolute atomic E-state index is 13.2. The van der Waals surface area contributed by atoms with Crippen LogP contribution < -0.4 is 0 Å². The van der Waals surface area contributed by atoms with Gasteiger partial charge in [-0.1, -0.05) is 30.3 Å². The van der Waals surface area contributed by atoms with Crippen molar-refractivity contribution in [1.29, 1.82) is 0 Å². The van der Waals surface area contributed by atoms with Gasteiger partial charge in [0.1, 0.15) is 0 Å². The fourth-order valence-corrected chi connectivity index (χ4v) is 1.09. The third-order valence-electron chi connectivity index (χ3n) is 1.92. The van der Waals surface area contributed by atoms with Crippen molar-refractivity contribution in [2.75, 3.05) is 7.11 Å². The van der Waals surface area contributed by atoms with E-state index >= 15 is 0 Å². The molecule has 5 heteroatoms. The summed E-state index contributed by atoms with van der Waals surface area (Å²) >= 11 is 0. The molecular formula is C10H10F2O3. The van der Waals surface area contributed by atoms with Gasteiger partial charge in [-0.25, -0.2) is 4.79 Å². The van der Waals surface area contributed by atoms with Crippen LogP contribution in [0, 0.1) is 0 Å². The predicted octanol–water partition coefficient (Wildman–Crippen LogP) is 1.53. The van der Waals surface area contributed by atoms with E-state index in [-0.39, 0.29) is 5.56 Å². The first kappa shape index (κ1) is 11.6. The summed E-state index contributed by atoms with van der Waals surface area (Å²) < 4.78 is 30.3. The lowest BCUT2D eigenvalue weighted by atomic mass is 10.0. The molecule has 0 aliphatic rings. The molecule has 82 valence electrons. The molecule has 1 aromatic rings. The van der Waals surface area contributed by atoms with E-state index in [2.05, 4.69) is 4.74 Å². The Kier molecular flexibility index (Phi) is 3.36. The second-order valence-corrected chi connectivity index (χ2v) is 2.93. The number of carbonyl (C=O) groups excluding carboxylic acids is 1. The Labute approximate surface area is 85.3 Å². The lowest BCUT2D eigenvalue weighted by molar-refractivity contribution is -0.186. The summed E-state index contributed by atoms with van der Waals surface area (Å²) in [6.45, 7) is 0. The number of carbonyl (C=O) groups is 1. The second-order valence-electron chi connectivity index (χ2n) is 2.93. The number of rotatable bonds is 3. The Morgan fingerprint density at radius 2 is 1.93 bits per heavy atom. The highest BCUT2D eigenvalue weighted by atomic mass is 19.3. The first-order chi connectivity index (χ1) is 7.00. The van der Waals surface area contributed by atoms with Gasteiger partial charge in [0.2, 0.25) is 0 Å². The second kappa shape index (κ2) is 4.35. The van der Waals surface area contributed by atoms with Gasteiger partial charge in [-0.15, -0.1) is 0 Å². The number of methoxy groups -OCH3 is 1. The molecule has 0 aromatic heterocycles. The zero-order valence-corrected chi connectivity index (χ0v) is 7.98. The van der Waals surface area contributed by atoms with Crippen molar-refractivity contribution in [3.63, 3.8) is 0 Å². The van der Waals surface area contributed by atoms with E-state index in [1.54, 1.807) is 6.07 Å². The molecule has 0 heterocycles. The van der Waals surface area contributed by atoms with Crippen LogP contribution in [0.1, 0.15) is 11.7 Å². The molecule has 15 heavy (non-hydrogen) atoms. The number of hydrogen-bond donors (Lipinski definition) is 1. The van der Waals surface area contributed by atoms with Gasteiger partial charge in [0.15, 0.2) is 6.10 Å². The minimum atomic E-state index is -3.93. The first-order valence-corrected chi connectivity index (χ1v) is 4.19. The van der Waals surface area contributed by atoms with Gasteiger partial charge in [0, 0.05) is 0 Å². The monoisotopic (exact) mass is 216 g/mol. The van der Waals surface area contributed by atoms with Gasteiger partial charge < -0.3 is 9.84 Å². The minimum absolute atomic E-state index is 0.0344. The molecule has 0 aliphatic heterocycles. The number of halogens is 2. The molecule has 3 nitrogen and oxygen atoms in total. The lowest BCUT2D eigenvalue weighted by Crippen LogP contribution is -2.36. The van der Waals surface area contributed by atoms with E-state index in [0.717, 1.165) is 7.11 Å². The summed E-state index contributed by atoms with van der Waals surface area (Å²) in [6.07, 6.45) is -2.19. The Bertz CT molecular complexity index is 338. The molecule has 1 rings (SSSR count). The van der Waals surface area contributed by atoms with Crippen molar-refractivity contribution in [3.8, 4) is 0 Å². The van der Waals surface area contributed by atoms with E-state index in [9.17, 15) is 18.7 Å². The van der Waals surface area contributed by atoms with E-state index in [0.29, 0.717) is 0 Å². The maximum atomic E-state index is 13.2. The summed E-state index contributed by atoms with van der Waals surface area (Å²) in [6, 6.07) is 7.22. The van der Waals surface area contributed by atoms with Crippen molar-refractivity contribution in [1.82, 2.24) is 0 Å². The fourth-order valence-electron chi connectivity index (χ4n) is 1.09. The molecule has 1 atom stereocenters. The van der Waals surface area contributed by atoms with Crippen LogP contribution in [-0.2, 0) is 9.53 Å². The molecular weight excluding hydrogens is 206 g/mol. The zero-order chi connectivity index (χ0) is 11.5. The number of aliphatic hydroxyl groups is 1. The van der Waals surface area contributed by atoms with Crippen LogP contribution in [0.4, 0.5) is 8.78 Å². The van der Waals surface area contributed by atoms with Crippen molar-refractivity contribution in [2.24, 2.45) is 0 Å². The van der Waals surface area contributed by atoms with E-state index in [1.165, 1.54) is 24.3 Å². The molecule has 1 aromatic carbocycles. The van der Waals surface area contributed by atoms with Crippen molar-refractivity contribution in [2.45, 2.75) is 12.0 Å². The molecule has 0 saturated heterocycles. The van der Waals surface area contributed by atoms with Crippen LogP contribution in [0.25, 0.3) is 0 Å². The number of alkyl halides is 2. The number of aliphatic hydroxyl groups excluding tert-OH is 1. The average molecular weight is 216 g/mol. The number of ether oxygens (including phenoxy) is 1. The predicted molar refractivity (Wildman–Crippen MR) is 48.4 cm³/mol. The van der Waals surface area contributed by atoms with E-state index in [1.807, 2.05) is 0 Å². The number of esters is 1. The molecule has 0 saturated carbocycles. The van der Waals surface area contributed by atoms with Crippen LogP contribution >= 0.6 is 0 Å². The van der Waals surface area contributed by atoms with Gasteiger partial charge in [0.05, 0.1) is 7.11 Å². The summed E-state index contributed by atoms with van der Waals surface area (Å²) in [5, 5.41) is 9.30. The smallest absolute Gasteiger partial charge is 0.379 e. The summed E-state index contributed by atoms with van der Waals surface area (Å²) in [5.41, 5.74) is -0.0344. The Balaban J connectivity index is 2.94. The molecule has 0 amide bonds. The van der Waals surface area contributed by atoms with Crippen LogP contribution in [0.2, 0.25) is 0 Å². The highest BCUT2D eigenvalue weighted by molar-refractivity contribution is 5.78. The van der Waals surface area contributed by atoms with Crippen LogP contribution in [0.15, 0.2) is 30.3 Å². The third-order valence-corrected chi connectivity index (χ3v) is 1.92. The van der Waals surface area contributed by atoms with E-state index in [4.69, 9.17) is 0 Å². The quantitative estimate of drug-likeness (QED) is 0.779. The fraction of sp³-hybridized carbons (Fsp3) is 0.300. The van der Waals surface area contributed by atoms with Crippen LogP contribution in [0.5, 0.6) is 0 Å². The maximum Gasteiger partial charge on any atom is 0.379 e. The molecule has 0 spiro atoms. The SMILES string of the molecule is COC(=O)C(F)(F)[C@@H](O)c1ccccc1. The molecule has 0 bridgehead atoms. The summed E-state index contributed by atoms with van der Waals surface area (Å²) in [5.74, 6) is -5.69. The van der Waals surface area contributed by atoms with Crippen molar-refractivity contribution in [3.05, 3.63) is 35.9 Å². The normalized spacial score (nSPS) is 13.3. The molecule has 0 radical (unpaired) electrons. The van der Waals surface area contributed by atoms with Gasteiger partial charge in [-0.3, -0.25) is 0 Å². The Morgan fingerprint density at radius 3 is 2.40 bits per heavy atom. The van der Waals surface area contributed by atoms with Gasteiger partial charge in [-0.2, -0.15) is 8.78 Å². The van der Waals surface area contributed by atoms with Gasteiger partial charge in [-0.05, 0) is 5.56 Å². The Morgan fingerprint density at radius 1 is 1.40 bits per heavy atom. The third kappa shape index (κ3) is 2.30. The van der Waals surface area contributed by atoms with Gasteiger partial charge >= 0.3 is 11.9 Å². The zero-order valence-electron chi connectivity index (χ0n) is 7.98. The highest BCUT2D eigenvalue weighted by Crippen LogP contribution is 2.31. The van der Waals surface area contributed by atoms with Gasteiger partial charge in [0.25, 0.3) is 0 Å². The molecule has 0 fully saturated rings. The number of benzene rings is 1. The Hall–Kier alpha value is -1.49. The highest BCUT2D eigenvalue weighted by Gasteiger charge is 2.48.